The summed E-state index contributed by atoms with van der Waals surface area (Å²) in [5, 5.41) is 9.08. The number of carbonyl (C=O) groups is 4. The van der Waals surface area contributed by atoms with Gasteiger partial charge in [0.25, 0.3) is 0 Å². The number of ether oxygens (including phenoxy) is 5. The number of hydrogen-bond acceptors (Lipinski definition) is 9. The normalized spacial score (nSPS) is 15.0. The molecule has 0 saturated heterocycles. The van der Waals surface area contributed by atoms with Crippen LogP contribution in [0.5, 0.6) is 0 Å². The van der Waals surface area contributed by atoms with Crippen molar-refractivity contribution >= 4 is 23.9 Å². The molecule has 0 aliphatic carbocycles. The van der Waals surface area contributed by atoms with E-state index in [2.05, 4.69) is 14.2 Å². The molecule has 1 aliphatic heterocycles. The van der Waals surface area contributed by atoms with Crippen LogP contribution < -0.4 is 0 Å². The van der Waals surface area contributed by atoms with Gasteiger partial charge in [-0.25, -0.2) is 9.59 Å². The van der Waals surface area contributed by atoms with Crippen LogP contribution >= 0.6 is 0 Å². The number of carbonyl (C=O) groups excluding carboxylic acids is 3. The summed E-state index contributed by atoms with van der Waals surface area (Å²) >= 11 is 0. The third-order valence-electron chi connectivity index (χ3n) is 2.64. The van der Waals surface area contributed by atoms with Crippen LogP contribution in [-0.2, 0) is 42.9 Å². The number of aliphatic carboxylic acids is 1. The standard InChI is InChI=1S/C14H18O10/c1-7(2)9(15)22-13(23-10(16)8(3)4)24-12(19)14(11(17)18)20-5-6-21-14/h5-8,13H,1-4H3,(H,17,18). The van der Waals surface area contributed by atoms with Gasteiger partial charge in [-0.3, -0.25) is 9.59 Å². The van der Waals surface area contributed by atoms with Crippen LogP contribution in [-0.4, -0.2) is 41.2 Å². The molecule has 1 rings (SSSR count). The van der Waals surface area contributed by atoms with E-state index in [0.717, 1.165) is 12.5 Å². The Morgan fingerprint density at radius 2 is 1.29 bits per heavy atom. The maximum atomic E-state index is 12.0. The molecule has 0 aromatic carbocycles. The largest absolute Gasteiger partial charge is 0.475 e. The number of rotatable bonds is 7. The zero-order valence-corrected chi connectivity index (χ0v) is 13.5. The van der Waals surface area contributed by atoms with Crippen molar-refractivity contribution in [3.05, 3.63) is 12.5 Å². The lowest BCUT2D eigenvalue weighted by Gasteiger charge is -2.24. The topological polar surface area (TPSA) is 135 Å². The summed E-state index contributed by atoms with van der Waals surface area (Å²) in [5.41, 5.74) is 0. The Hall–Kier alpha value is -2.78. The average molecular weight is 346 g/mol. The Balaban J connectivity index is 2.90. The fourth-order valence-electron chi connectivity index (χ4n) is 1.26. The van der Waals surface area contributed by atoms with E-state index in [0.29, 0.717) is 0 Å². The number of hydrogen-bond donors (Lipinski definition) is 1. The first kappa shape index (κ1) is 19.3. The Morgan fingerprint density at radius 3 is 1.62 bits per heavy atom. The molecule has 0 atom stereocenters. The van der Waals surface area contributed by atoms with Crippen LogP contribution in [0.25, 0.3) is 0 Å². The molecule has 1 heterocycles. The van der Waals surface area contributed by atoms with E-state index in [1.807, 2.05) is 0 Å². The van der Waals surface area contributed by atoms with E-state index in [9.17, 15) is 19.2 Å². The highest BCUT2D eigenvalue weighted by atomic mass is 16.9. The molecule has 134 valence electrons. The lowest BCUT2D eigenvalue weighted by molar-refractivity contribution is -0.276. The van der Waals surface area contributed by atoms with E-state index < -0.39 is 48.0 Å². The molecule has 1 aliphatic rings. The summed E-state index contributed by atoms with van der Waals surface area (Å²) in [6, 6.07) is 0. The van der Waals surface area contributed by atoms with E-state index in [1.165, 1.54) is 27.7 Å². The summed E-state index contributed by atoms with van der Waals surface area (Å²) in [4.78, 5) is 46.5. The first-order chi connectivity index (χ1) is 11.1. The molecular formula is C14H18O10. The zero-order valence-electron chi connectivity index (χ0n) is 13.5. The minimum absolute atomic E-state index is 0.613. The quantitative estimate of drug-likeness (QED) is 0.394. The first-order valence-corrected chi connectivity index (χ1v) is 6.96. The highest BCUT2D eigenvalue weighted by Crippen LogP contribution is 2.24. The fraction of sp³-hybridized carbons (Fsp3) is 0.571. The Bertz CT molecular complexity index is 518. The van der Waals surface area contributed by atoms with Crippen molar-refractivity contribution < 1.29 is 48.0 Å². The molecule has 0 amide bonds. The second kappa shape index (κ2) is 7.66. The zero-order chi connectivity index (χ0) is 18.5. The van der Waals surface area contributed by atoms with Crippen LogP contribution in [0.15, 0.2) is 12.5 Å². The van der Waals surface area contributed by atoms with Crippen molar-refractivity contribution in [2.24, 2.45) is 11.8 Å². The summed E-state index contributed by atoms with van der Waals surface area (Å²) in [6.45, 7) is 3.91. The predicted molar refractivity (Wildman–Crippen MR) is 73.4 cm³/mol. The van der Waals surface area contributed by atoms with Crippen molar-refractivity contribution in [3.8, 4) is 0 Å². The van der Waals surface area contributed by atoms with Gasteiger partial charge < -0.3 is 28.8 Å². The van der Waals surface area contributed by atoms with Crippen molar-refractivity contribution in [1.82, 2.24) is 0 Å². The van der Waals surface area contributed by atoms with E-state index in [-0.39, 0.29) is 0 Å². The molecular weight excluding hydrogens is 328 g/mol. The summed E-state index contributed by atoms with van der Waals surface area (Å²) in [5.74, 6) is -9.07. The molecule has 0 bridgehead atoms. The van der Waals surface area contributed by atoms with Crippen LogP contribution in [0.3, 0.4) is 0 Å². The third-order valence-corrected chi connectivity index (χ3v) is 2.64. The highest BCUT2D eigenvalue weighted by molar-refractivity contribution is 6.01. The molecule has 0 unspecified atom stereocenters. The number of esters is 3. The van der Waals surface area contributed by atoms with Gasteiger partial charge in [0.2, 0.25) is 0 Å². The van der Waals surface area contributed by atoms with Gasteiger partial charge in [0.15, 0.2) is 0 Å². The maximum absolute atomic E-state index is 12.0. The fourth-order valence-corrected chi connectivity index (χ4v) is 1.26. The van der Waals surface area contributed by atoms with Crippen LogP contribution in [0.2, 0.25) is 0 Å². The molecule has 10 nitrogen and oxygen atoms in total. The Labute approximate surface area is 137 Å². The van der Waals surface area contributed by atoms with E-state index in [4.69, 9.17) is 14.6 Å². The maximum Gasteiger partial charge on any atom is 0.452 e. The monoisotopic (exact) mass is 346 g/mol. The molecule has 0 aromatic rings. The predicted octanol–water partition coefficient (Wildman–Crippen LogP) is 0.510. The molecule has 24 heavy (non-hydrogen) atoms. The van der Waals surface area contributed by atoms with Gasteiger partial charge in [0.05, 0.1) is 11.8 Å². The Morgan fingerprint density at radius 1 is 0.875 bits per heavy atom. The van der Waals surface area contributed by atoms with Crippen molar-refractivity contribution in [2.75, 3.05) is 0 Å². The van der Waals surface area contributed by atoms with Gasteiger partial charge in [0, 0.05) is 0 Å². The van der Waals surface area contributed by atoms with Crippen molar-refractivity contribution in [3.63, 3.8) is 0 Å². The van der Waals surface area contributed by atoms with Gasteiger partial charge in [-0.05, 0) is 0 Å². The minimum Gasteiger partial charge on any atom is -0.475 e. The third kappa shape index (κ3) is 4.37. The number of carboxylic acid groups (broad SMARTS) is 1. The molecule has 0 spiro atoms. The molecule has 0 fully saturated rings. The smallest absolute Gasteiger partial charge is 0.452 e. The summed E-state index contributed by atoms with van der Waals surface area (Å²) in [6.07, 6.45) is 1.65. The van der Waals surface area contributed by atoms with Crippen LogP contribution in [0.1, 0.15) is 27.7 Å². The lowest BCUT2D eigenvalue weighted by Crippen LogP contribution is -2.50. The second-order valence-electron chi connectivity index (χ2n) is 5.31. The summed E-state index contributed by atoms with van der Waals surface area (Å²) in [7, 11) is 0. The van der Waals surface area contributed by atoms with Gasteiger partial charge >= 0.3 is 36.1 Å². The van der Waals surface area contributed by atoms with Gasteiger partial charge in [0.1, 0.15) is 12.5 Å². The van der Waals surface area contributed by atoms with Crippen LogP contribution in [0, 0.1) is 11.8 Å². The molecule has 0 radical (unpaired) electrons. The molecule has 10 heteroatoms. The van der Waals surface area contributed by atoms with Gasteiger partial charge in [-0.15, -0.1) is 0 Å². The summed E-state index contributed by atoms with van der Waals surface area (Å²) < 4.78 is 23.3. The molecule has 0 aromatic heterocycles. The highest BCUT2D eigenvalue weighted by Gasteiger charge is 2.56. The van der Waals surface area contributed by atoms with Crippen LogP contribution in [0.4, 0.5) is 0 Å². The van der Waals surface area contributed by atoms with Crippen molar-refractivity contribution in [1.29, 1.82) is 0 Å². The molecule has 0 saturated carbocycles. The van der Waals surface area contributed by atoms with E-state index in [1.54, 1.807) is 0 Å². The lowest BCUT2D eigenvalue weighted by atomic mass is 10.2. The van der Waals surface area contributed by atoms with Gasteiger partial charge in [-0.2, -0.15) is 0 Å². The van der Waals surface area contributed by atoms with E-state index >= 15 is 0 Å². The Kier molecular flexibility index (Phi) is 6.15. The van der Waals surface area contributed by atoms with Gasteiger partial charge in [-0.1, -0.05) is 27.7 Å². The first-order valence-electron chi connectivity index (χ1n) is 6.96. The average Bonchev–Trinajstić information content (AvgIpc) is 2.97. The number of carboxylic acids is 1. The minimum atomic E-state index is -2.80. The molecule has 1 N–H and O–H groups in total. The van der Waals surface area contributed by atoms with Crippen molar-refractivity contribution in [2.45, 2.75) is 40.0 Å². The second-order valence-corrected chi connectivity index (χ2v) is 5.31. The SMILES string of the molecule is CC(C)C(=O)OC(OC(=O)C(C)C)OC(=O)C1(C(=O)O)OC=CO1.